The molecule has 170 valence electrons. The molecule has 0 saturated heterocycles. The summed E-state index contributed by atoms with van der Waals surface area (Å²) in [5, 5.41) is 4.77. The van der Waals surface area contributed by atoms with Crippen molar-refractivity contribution in [2.75, 3.05) is 14.2 Å². The highest BCUT2D eigenvalue weighted by Gasteiger charge is 2.26. The number of nitrogens with one attached hydrogen (secondary N) is 2. The SMILES string of the molecule is COC(=O)C(CC#CC[C@H](NC(=O)OC(C)(C)C)C(=O)OC)NC(=O)OC(C)(C)C. The lowest BCUT2D eigenvalue weighted by Gasteiger charge is -2.22. The Bertz CT molecular complexity index is 624. The maximum Gasteiger partial charge on any atom is 0.408 e. The summed E-state index contributed by atoms with van der Waals surface area (Å²) in [6, 6.07) is -2.12. The summed E-state index contributed by atoms with van der Waals surface area (Å²) < 4.78 is 19.5. The van der Waals surface area contributed by atoms with E-state index in [1.807, 2.05) is 0 Å². The van der Waals surface area contributed by atoms with Crippen molar-refractivity contribution in [2.45, 2.75) is 77.7 Å². The van der Waals surface area contributed by atoms with Gasteiger partial charge in [-0.3, -0.25) is 0 Å². The Morgan fingerprint density at radius 3 is 1.23 bits per heavy atom. The Hall–Kier alpha value is -2.96. The van der Waals surface area contributed by atoms with Gasteiger partial charge >= 0.3 is 24.1 Å². The summed E-state index contributed by atoms with van der Waals surface area (Å²) in [6.45, 7) is 10.1. The zero-order valence-electron chi connectivity index (χ0n) is 18.8. The standard InChI is InChI=1S/C20H32N2O8/c1-19(2,3)29-17(25)21-13(15(23)27-7)11-9-10-12-14(16(24)28-8)22-18(26)30-20(4,5)6/h13-14H,11-12H2,1-8H3,(H,21,25)(H,22,26)/t13-,14?/m0/s1. The van der Waals surface area contributed by atoms with Crippen LogP contribution >= 0.6 is 0 Å². The first-order valence-electron chi connectivity index (χ1n) is 9.29. The molecule has 0 aromatic heterocycles. The second-order valence-corrected chi connectivity index (χ2v) is 8.21. The number of alkyl carbamates (subject to hydrolysis) is 2. The fourth-order valence-corrected chi connectivity index (χ4v) is 1.92. The third kappa shape index (κ3) is 12.5. The molecule has 0 rings (SSSR count). The van der Waals surface area contributed by atoms with Gasteiger partial charge in [0.1, 0.15) is 23.3 Å². The van der Waals surface area contributed by atoms with Gasteiger partial charge in [-0.15, -0.1) is 11.8 Å². The van der Waals surface area contributed by atoms with Crippen molar-refractivity contribution in [1.82, 2.24) is 10.6 Å². The lowest BCUT2D eigenvalue weighted by molar-refractivity contribution is -0.143. The normalized spacial score (nSPS) is 12.9. The van der Waals surface area contributed by atoms with Crippen LogP contribution in [0.1, 0.15) is 54.4 Å². The first-order valence-corrected chi connectivity index (χ1v) is 9.29. The minimum atomic E-state index is -1.06. The van der Waals surface area contributed by atoms with E-state index in [1.54, 1.807) is 41.5 Å². The third-order valence-corrected chi connectivity index (χ3v) is 3.09. The van der Waals surface area contributed by atoms with E-state index in [1.165, 1.54) is 14.2 Å². The van der Waals surface area contributed by atoms with Gasteiger partial charge in [-0.2, -0.15) is 0 Å². The predicted octanol–water partition coefficient (Wildman–Crippen LogP) is 1.90. The van der Waals surface area contributed by atoms with Gasteiger partial charge in [-0.05, 0) is 41.5 Å². The van der Waals surface area contributed by atoms with E-state index in [0.717, 1.165) is 0 Å². The number of hydrogen-bond acceptors (Lipinski definition) is 8. The molecule has 0 radical (unpaired) electrons. The number of carbonyl (C=O) groups excluding carboxylic acids is 4. The van der Waals surface area contributed by atoms with E-state index in [2.05, 4.69) is 31.9 Å². The third-order valence-electron chi connectivity index (χ3n) is 3.09. The Morgan fingerprint density at radius 2 is 1.00 bits per heavy atom. The molecule has 0 saturated carbocycles. The lowest BCUT2D eigenvalue weighted by Crippen LogP contribution is -2.44. The van der Waals surface area contributed by atoms with E-state index in [4.69, 9.17) is 9.47 Å². The number of ether oxygens (including phenoxy) is 4. The number of amides is 2. The van der Waals surface area contributed by atoms with Crippen LogP contribution in [0.15, 0.2) is 0 Å². The Balaban J connectivity index is 5.03. The van der Waals surface area contributed by atoms with Gasteiger partial charge in [0.05, 0.1) is 14.2 Å². The highest BCUT2D eigenvalue weighted by atomic mass is 16.6. The number of hydrogen-bond donors (Lipinski definition) is 2. The van der Waals surface area contributed by atoms with Crippen molar-refractivity contribution < 1.29 is 38.1 Å². The maximum absolute atomic E-state index is 11.9. The molecule has 0 aliphatic carbocycles. The van der Waals surface area contributed by atoms with Crippen molar-refractivity contribution in [3.63, 3.8) is 0 Å². The van der Waals surface area contributed by atoms with Crippen LogP contribution in [0.25, 0.3) is 0 Å². The van der Waals surface area contributed by atoms with Crippen molar-refractivity contribution in [2.24, 2.45) is 0 Å². The summed E-state index contributed by atoms with van der Waals surface area (Å²) in [5.41, 5.74) is -1.48. The Morgan fingerprint density at radius 1 is 0.700 bits per heavy atom. The zero-order chi connectivity index (χ0) is 23.5. The zero-order valence-corrected chi connectivity index (χ0v) is 18.8. The number of esters is 2. The first kappa shape index (κ1) is 27.0. The van der Waals surface area contributed by atoms with Gasteiger partial charge in [0.2, 0.25) is 0 Å². The number of methoxy groups -OCH3 is 2. The van der Waals surface area contributed by atoms with E-state index < -0.39 is 47.4 Å². The minimum absolute atomic E-state index is 0.0910. The highest BCUT2D eigenvalue weighted by Crippen LogP contribution is 2.08. The lowest BCUT2D eigenvalue weighted by atomic mass is 10.1. The summed E-state index contributed by atoms with van der Waals surface area (Å²) in [7, 11) is 2.36. The molecule has 1 unspecified atom stereocenters. The fraction of sp³-hybridized carbons (Fsp3) is 0.700. The van der Waals surface area contributed by atoms with Gasteiger partial charge in [0, 0.05) is 12.8 Å². The summed E-state index contributed by atoms with van der Waals surface area (Å²) in [4.78, 5) is 47.5. The highest BCUT2D eigenvalue weighted by molar-refractivity contribution is 5.82. The molecular formula is C20H32N2O8. The van der Waals surface area contributed by atoms with Crippen LogP contribution in [0, 0.1) is 11.8 Å². The predicted molar refractivity (Wildman–Crippen MR) is 107 cm³/mol. The molecular weight excluding hydrogens is 396 g/mol. The van der Waals surface area contributed by atoms with Crippen LogP contribution in [0.3, 0.4) is 0 Å². The van der Waals surface area contributed by atoms with Gasteiger partial charge in [0.15, 0.2) is 0 Å². The van der Waals surface area contributed by atoms with Crippen molar-refractivity contribution in [1.29, 1.82) is 0 Å². The Labute approximate surface area is 177 Å². The molecule has 0 fully saturated rings. The van der Waals surface area contributed by atoms with E-state index >= 15 is 0 Å². The monoisotopic (exact) mass is 428 g/mol. The first-order chi connectivity index (χ1) is 13.7. The average Bonchev–Trinajstić information content (AvgIpc) is 2.58. The largest absolute Gasteiger partial charge is 0.467 e. The molecule has 0 aromatic rings. The van der Waals surface area contributed by atoms with Crippen LogP contribution in [-0.4, -0.2) is 61.6 Å². The van der Waals surface area contributed by atoms with Crippen molar-refractivity contribution >= 4 is 24.1 Å². The molecule has 2 N–H and O–H groups in total. The van der Waals surface area contributed by atoms with Crippen LogP contribution in [-0.2, 0) is 28.5 Å². The average molecular weight is 428 g/mol. The molecule has 30 heavy (non-hydrogen) atoms. The molecule has 0 bridgehead atoms. The molecule has 10 nitrogen and oxygen atoms in total. The quantitative estimate of drug-likeness (QED) is 0.373. The second kappa shape index (κ2) is 11.9. The van der Waals surface area contributed by atoms with E-state index in [0.29, 0.717) is 0 Å². The minimum Gasteiger partial charge on any atom is -0.467 e. The van der Waals surface area contributed by atoms with Crippen molar-refractivity contribution in [3.8, 4) is 11.8 Å². The number of rotatable bonds is 6. The molecule has 0 aliphatic rings. The summed E-state index contributed by atoms with van der Waals surface area (Å²) in [6.07, 6.45) is -1.77. The smallest absolute Gasteiger partial charge is 0.408 e. The van der Waals surface area contributed by atoms with E-state index in [9.17, 15) is 19.2 Å². The number of carbonyl (C=O) groups is 4. The van der Waals surface area contributed by atoms with Gasteiger partial charge in [-0.1, -0.05) is 0 Å². The van der Waals surface area contributed by atoms with Gasteiger partial charge < -0.3 is 29.6 Å². The van der Waals surface area contributed by atoms with Crippen LogP contribution < -0.4 is 10.6 Å². The molecule has 0 aliphatic heterocycles. The Kier molecular flexibility index (Phi) is 10.7. The van der Waals surface area contributed by atoms with Crippen LogP contribution in [0.5, 0.6) is 0 Å². The molecule has 2 amide bonds. The van der Waals surface area contributed by atoms with Crippen LogP contribution in [0.4, 0.5) is 9.59 Å². The molecule has 2 atom stereocenters. The fourth-order valence-electron chi connectivity index (χ4n) is 1.92. The van der Waals surface area contributed by atoms with Crippen molar-refractivity contribution in [3.05, 3.63) is 0 Å². The van der Waals surface area contributed by atoms with Gasteiger partial charge in [0.25, 0.3) is 0 Å². The summed E-state index contributed by atoms with van der Waals surface area (Å²) in [5.74, 6) is 3.95. The molecule has 10 heteroatoms. The topological polar surface area (TPSA) is 129 Å². The molecule has 0 aromatic carbocycles. The van der Waals surface area contributed by atoms with Crippen LogP contribution in [0.2, 0.25) is 0 Å². The maximum atomic E-state index is 11.9. The molecule has 0 spiro atoms. The second-order valence-electron chi connectivity index (χ2n) is 8.21. The van der Waals surface area contributed by atoms with E-state index in [-0.39, 0.29) is 12.8 Å². The molecule has 0 heterocycles. The van der Waals surface area contributed by atoms with Gasteiger partial charge in [-0.25, -0.2) is 19.2 Å². The summed E-state index contributed by atoms with van der Waals surface area (Å²) >= 11 is 0.